The van der Waals surface area contributed by atoms with E-state index in [-0.39, 0.29) is 18.0 Å². The van der Waals surface area contributed by atoms with Gasteiger partial charge in [0.15, 0.2) is 0 Å². The smallest absolute Gasteiger partial charge is 0.275 e. The van der Waals surface area contributed by atoms with Crippen LogP contribution in [0.3, 0.4) is 0 Å². The van der Waals surface area contributed by atoms with E-state index in [1.54, 1.807) is 47.7 Å². The molecule has 29 heavy (non-hydrogen) atoms. The van der Waals surface area contributed by atoms with Crippen molar-refractivity contribution in [3.8, 4) is 17.1 Å². The first-order chi connectivity index (χ1) is 14.0. The number of aryl methyl sites for hydroxylation is 1. The molecule has 0 saturated carbocycles. The van der Waals surface area contributed by atoms with Gasteiger partial charge in [0.25, 0.3) is 5.56 Å². The summed E-state index contributed by atoms with van der Waals surface area (Å²) in [5, 5.41) is 11.0. The van der Waals surface area contributed by atoms with Crippen LogP contribution in [0.4, 0.5) is 5.69 Å². The molecule has 2 heterocycles. The third-order valence-electron chi connectivity index (χ3n) is 4.40. The average Bonchev–Trinajstić information content (AvgIpc) is 3.17. The Morgan fingerprint density at radius 1 is 1.14 bits per heavy atom. The number of thiazole rings is 1. The second-order valence-electron chi connectivity index (χ2n) is 6.39. The summed E-state index contributed by atoms with van der Waals surface area (Å²) in [5.74, 6) is -0.0508. The van der Waals surface area contributed by atoms with Crippen LogP contribution >= 0.6 is 11.3 Å². The van der Waals surface area contributed by atoms with Crippen molar-refractivity contribution in [3.63, 3.8) is 0 Å². The van der Waals surface area contributed by atoms with Crippen LogP contribution in [0.1, 0.15) is 5.01 Å². The number of anilines is 1. The Hall–Kier alpha value is -3.52. The molecule has 0 fully saturated rings. The lowest BCUT2D eigenvalue weighted by Gasteiger charge is -2.10. The largest absolute Gasteiger partial charge is 0.480 e. The summed E-state index contributed by atoms with van der Waals surface area (Å²) in [5.41, 5.74) is 2.17. The molecular weight excluding hydrogens is 388 g/mol. The number of rotatable bonds is 5. The molecule has 1 N–H and O–H groups in total. The molecule has 146 valence electrons. The summed E-state index contributed by atoms with van der Waals surface area (Å²) in [7, 11) is 1.48. The molecule has 2 aromatic heterocycles. The van der Waals surface area contributed by atoms with Crippen molar-refractivity contribution < 1.29 is 9.53 Å². The van der Waals surface area contributed by atoms with E-state index in [1.165, 1.54) is 7.11 Å². The normalized spacial score (nSPS) is 10.8. The van der Waals surface area contributed by atoms with Crippen LogP contribution in [0.5, 0.6) is 5.88 Å². The number of nitrogens with zero attached hydrogens (tertiary/aromatic N) is 3. The molecule has 0 radical (unpaired) electrons. The summed E-state index contributed by atoms with van der Waals surface area (Å²) < 4.78 is 6.39. The summed E-state index contributed by atoms with van der Waals surface area (Å²) in [6.45, 7) is 1.74. The minimum absolute atomic E-state index is 0.215. The lowest BCUT2D eigenvalue weighted by Crippen LogP contribution is -2.30. The highest BCUT2D eigenvalue weighted by molar-refractivity contribution is 7.09. The van der Waals surface area contributed by atoms with Gasteiger partial charge < -0.3 is 10.1 Å². The quantitative estimate of drug-likeness (QED) is 0.548. The van der Waals surface area contributed by atoms with Crippen molar-refractivity contribution in [2.45, 2.75) is 13.5 Å². The maximum absolute atomic E-state index is 12.6. The Labute approximate surface area is 170 Å². The molecule has 0 aliphatic heterocycles. The highest BCUT2D eigenvalue weighted by atomic mass is 32.1. The molecule has 0 spiro atoms. The zero-order valence-corrected chi connectivity index (χ0v) is 16.7. The van der Waals surface area contributed by atoms with Gasteiger partial charge in [-0.2, -0.15) is 0 Å². The standard InChI is InChI=1S/C21H18N4O3S/c1-13-22-18(12-29-13)14-7-9-15(10-8-14)23-19(26)11-25-21(27)17-6-4-3-5-16(17)20(24-25)28-2/h3-10,12H,11H2,1-2H3,(H,23,26). The number of benzene rings is 2. The van der Waals surface area contributed by atoms with Crippen LogP contribution in [0.2, 0.25) is 0 Å². The maximum Gasteiger partial charge on any atom is 0.275 e. The van der Waals surface area contributed by atoms with E-state index in [1.807, 2.05) is 24.4 Å². The number of amides is 1. The van der Waals surface area contributed by atoms with E-state index in [0.29, 0.717) is 22.3 Å². The topological polar surface area (TPSA) is 86.1 Å². The Bertz CT molecular complexity index is 1250. The van der Waals surface area contributed by atoms with E-state index < -0.39 is 0 Å². The lowest BCUT2D eigenvalue weighted by molar-refractivity contribution is -0.117. The molecule has 4 rings (SSSR count). The first kappa shape index (κ1) is 18.8. The van der Waals surface area contributed by atoms with Gasteiger partial charge in [-0.05, 0) is 31.2 Å². The van der Waals surface area contributed by atoms with Gasteiger partial charge in [-0.15, -0.1) is 16.4 Å². The Morgan fingerprint density at radius 2 is 1.86 bits per heavy atom. The van der Waals surface area contributed by atoms with Crippen LogP contribution < -0.4 is 15.6 Å². The highest BCUT2D eigenvalue weighted by Gasteiger charge is 2.13. The Balaban J connectivity index is 1.53. The summed E-state index contributed by atoms with van der Waals surface area (Å²) in [6.07, 6.45) is 0. The van der Waals surface area contributed by atoms with Crippen LogP contribution in [0.25, 0.3) is 22.0 Å². The summed E-state index contributed by atoms with van der Waals surface area (Å²) in [4.78, 5) is 29.6. The molecule has 0 aliphatic rings. The monoisotopic (exact) mass is 406 g/mol. The Kier molecular flexibility index (Phi) is 5.09. The van der Waals surface area contributed by atoms with Crippen LogP contribution in [-0.2, 0) is 11.3 Å². The van der Waals surface area contributed by atoms with Crippen molar-refractivity contribution in [1.29, 1.82) is 0 Å². The lowest BCUT2D eigenvalue weighted by atomic mass is 10.1. The second kappa shape index (κ2) is 7.84. The van der Waals surface area contributed by atoms with Gasteiger partial charge >= 0.3 is 0 Å². The van der Waals surface area contributed by atoms with Gasteiger partial charge in [-0.1, -0.05) is 24.3 Å². The molecule has 0 unspecified atom stereocenters. The highest BCUT2D eigenvalue weighted by Crippen LogP contribution is 2.23. The molecule has 0 atom stereocenters. The van der Waals surface area contributed by atoms with Gasteiger partial charge in [0.05, 0.1) is 28.6 Å². The van der Waals surface area contributed by atoms with Gasteiger partial charge in [0.1, 0.15) is 6.54 Å². The van der Waals surface area contributed by atoms with Gasteiger partial charge in [0.2, 0.25) is 11.8 Å². The van der Waals surface area contributed by atoms with Crippen LogP contribution in [0.15, 0.2) is 58.7 Å². The van der Waals surface area contributed by atoms with Crippen molar-refractivity contribution in [3.05, 3.63) is 69.3 Å². The number of methoxy groups -OCH3 is 1. The average molecular weight is 406 g/mol. The molecule has 1 amide bonds. The van der Waals surface area contributed by atoms with E-state index in [0.717, 1.165) is 20.9 Å². The van der Waals surface area contributed by atoms with Gasteiger partial charge in [-0.3, -0.25) is 9.59 Å². The SMILES string of the molecule is COc1nn(CC(=O)Nc2ccc(-c3csc(C)n3)cc2)c(=O)c2ccccc12. The molecule has 0 saturated heterocycles. The third-order valence-corrected chi connectivity index (χ3v) is 5.18. The first-order valence-electron chi connectivity index (χ1n) is 8.91. The molecule has 7 nitrogen and oxygen atoms in total. The minimum Gasteiger partial charge on any atom is -0.480 e. The molecule has 0 aliphatic carbocycles. The summed E-state index contributed by atoms with van der Waals surface area (Å²) >= 11 is 1.59. The number of hydrogen-bond acceptors (Lipinski definition) is 6. The van der Waals surface area contributed by atoms with Crippen molar-refractivity contribution in [2.24, 2.45) is 0 Å². The van der Waals surface area contributed by atoms with Crippen molar-refractivity contribution in [2.75, 3.05) is 12.4 Å². The Morgan fingerprint density at radius 3 is 2.52 bits per heavy atom. The third kappa shape index (κ3) is 3.88. The van der Waals surface area contributed by atoms with Crippen LogP contribution in [-0.4, -0.2) is 27.8 Å². The summed E-state index contributed by atoms with van der Waals surface area (Å²) in [6, 6.07) is 14.4. The fraction of sp³-hybridized carbons (Fsp3) is 0.143. The zero-order valence-electron chi connectivity index (χ0n) is 15.9. The number of carbonyl (C=O) groups is 1. The maximum atomic E-state index is 12.6. The van der Waals surface area contributed by atoms with Gasteiger partial charge in [0, 0.05) is 16.6 Å². The predicted octanol–water partition coefficient (Wildman–Crippen LogP) is 3.48. The van der Waals surface area contributed by atoms with E-state index in [9.17, 15) is 9.59 Å². The molecule has 8 heteroatoms. The zero-order chi connectivity index (χ0) is 20.4. The number of nitrogens with one attached hydrogen (secondary N) is 1. The van der Waals surface area contributed by atoms with E-state index in [4.69, 9.17) is 4.74 Å². The number of hydrogen-bond donors (Lipinski definition) is 1. The molecule has 4 aromatic rings. The van der Waals surface area contributed by atoms with Crippen molar-refractivity contribution >= 4 is 33.7 Å². The fourth-order valence-electron chi connectivity index (χ4n) is 3.02. The second-order valence-corrected chi connectivity index (χ2v) is 7.46. The first-order valence-corrected chi connectivity index (χ1v) is 9.79. The van der Waals surface area contributed by atoms with Crippen molar-refractivity contribution in [1.82, 2.24) is 14.8 Å². The van der Waals surface area contributed by atoms with E-state index >= 15 is 0 Å². The molecule has 0 bridgehead atoms. The molecule has 2 aromatic carbocycles. The number of ether oxygens (including phenoxy) is 1. The van der Waals surface area contributed by atoms with E-state index in [2.05, 4.69) is 15.4 Å². The van der Waals surface area contributed by atoms with Gasteiger partial charge in [-0.25, -0.2) is 9.67 Å². The van der Waals surface area contributed by atoms with Crippen LogP contribution in [0, 0.1) is 6.92 Å². The number of fused-ring (bicyclic) bond motifs is 1. The minimum atomic E-state index is -0.353. The number of carbonyl (C=O) groups excluding carboxylic acids is 1. The molecular formula is C21H18N4O3S. The predicted molar refractivity (Wildman–Crippen MR) is 113 cm³/mol. The fourth-order valence-corrected chi connectivity index (χ4v) is 3.64. The number of aromatic nitrogens is 3.